The van der Waals surface area contributed by atoms with Gasteiger partial charge < -0.3 is 0 Å². The van der Waals surface area contributed by atoms with Crippen LogP contribution in [-0.4, -0.2) is 23.4 Å². The summed E-state index contributed by atoms with van der Waals surface area (Å²) in [7, 11) is 0. The maximum absolute atomic E-state index is 8.00. The number of likely N-dealkylation sites (tertiary alicyclic amines) is 1. The van der Waals surface area contributed by atoms with E-state index in [4.69, 9.17) is 15.1 Å². The molecule has 0 aliphatic carbocycles. The third kappa shape index (κ3) is 1.34. The van der Waals surface area contributed by atoms with Gasteiger partial charge in [-0.2, -0.15) is 0 Å². The van der Waals surface area contributed by atoms with Gasteiger partial charge in [-0.15, -0.1) is 0 Å². The van der Waals surface area contributed by atoms with Crippen LogP contribution in [0.25, 0.3) is 0 Å². The molecule has 0 amide bonds. The number of nitrogens with zero attached hydrogens (tertiary/aromatic N) is 2. The van der Waals surface area contributed by atoms with E-state index in [0.29, 0.717) is 4.90 Å². The predicted octanol–water partition coefficient (Wildman–Crippen LogP) is 1.85. The van der Waals surface area contributed by atoms with Crippen molar-refractivity contribution in [2.75, 3.05) is 13.5 Å². The van der Waals surface area contributed by atoms with Gasteiger partial charge in [0.1, 0.15) is 0 Å². The monoisotopic (exact) mass is 173 g/mol. The molecule has 1 aliphatic rings. The van der Waals surface area contributed by atoms with Crippen molar-refractivity contribution < 1.29 is 15.1 Å². The zero-order valence-electron chi connectivity index (χ0n) is 17.2. The van der Waals surface area contributed by atoms with Crippen LogP contribution in [0.15, 0.2) is 24.4 Å². The molecule has 12 heavy (non-hydrogen) atoms. The summed E-state index contributed by atoms with van der Waals surface area (Å²) < 4.78 is 84.8. The van der Waals surface area contributed by atoms with E-state index in [2.05, 4.69) is 4.98 Å². The van der Waals surface area contributed by atoms with Crippen molar-refractivity contribution in [3.05, 3.63) is 30.0 Å². The van der Waals surface area contributed by atoms with Gasteiger partial charge in [0, 0.05) is 28.0 Å². The van der Waals surface area contributed by atoms with Gasteiger partial charge in [0.25, 0.3) is 0 Å². The zero-order chi connectivity index (χ0) is 18.0. The molecule has 1 atom stereocenters. The third-order valence-corrected chi connectivity index (χ3v) is 1.56. The molecule has 1 aliphatic heterocycles. The molecular formula is C10H14N2. The summed E-state index contributed by atoms with van der Waals surface area (Å²) in [6.07, 6.45) is -4.50. The Kier molecular flexibility index (Phi) is 0.573. The number of pyridine rings is 1. The second-order valence-corrected chi connectivity index (χ2v) is 2.31. The normalized spacial score (nSPS) is 47.3. The highest BCUT2D eigenvalue weighted by Crippen LogP contribution is 2.29. The van der Waals surface area contributed by atoms with E-state index in [-0.39, 0.29) is 0 Å². The lowest BCUT2D eigenvalue weighted by Gasteiger charge is -2.18. The van der Waals surface area contributed by atoms with Gasteiger partial charge in [-0.05, 0) is 37.9 Å². The minimum atomic E-state index is -3.02. The van der Waals surface area contributed by atoms with E-state index < -0.39 is 62.3 Å². The first-order chi connectivity index (χ1) is 10.2. The van der Waals surface area contributed by atoms with Crippen LogP contribution < -0.4 is 0 Å². The van der Waals surface area contributed by atoms with Crippen LogP contribution in [0.3, 0.4) is 0 Å². The Hall–Kier alpha value is -0.890. The smallest absolute Gasteiger partial charge is 0.0843 e. The van der Waals surface area contributed by atoms with Crippen LogP contribution in [0.5, 0.6) is 0 Å². The van der Waals surface area contributed by atoms with Gasteiger partial charge in [-0.25, -0.2) is 0 Å². The first-order valence-electron chi connectivity index (χ1n) is 8.94. The molecule has 2 heteroatoms. The van der Waals surface area contributed by atoms with E-state index in [1.165, 1.54) is 0 Å². The quantitative estimate of drug-likeness (QED) is 0.644. The minimum absolute atomic E-state index is 0.316. The molecular weight excluding hydrogens is 148 g/mol. The zero-order valence-corrected chi connectivity index (χ0v) is 6.18. The van der Waals surface area contributed by atoms with Crippen molar-refractivity contribution in [3.63, 3.8) is 0 Å². The summed E-state index contributed by atoms with van der Waals surface area (Å²) in [5.74, 6) is 0. The summed E-state index contributed by atoms with van der Waals surface area (Å²) >= 11 is 0. The molecule has 0 spiro atoms. The van der Waals surface area contributed by atoms with Crippen LogP contribution >= 0.6 is 0 Å². The molecule has 1 fully saturated rings. The van der Waals surface area contributed by atoms with Crippen molar-refractivity contribution in [3.8, 4) is 0 Å². The van der Waals surface area contributed by atoms with Crippen molar-refractivity contribution in [2.45, 2.75) is 18.8 Å². The van der Waals surface area contributed by atoms with Crippen LogP contribution in [0.2, 0.25) is 0 Å². The second kappa shape index (κ2) is 3.23. The number of hydrogen-bond donors (Lipinski definition) is 0. The van der Waals surface area contributed by atoms with Gasteiger partial charge in [0.15, 0.2) is 0 Å². The first-order valence-corrected chi connectivity index (χ1v) is 3.44. The number of rotatable bonds is 1. The average molecular weight is 173 g/mol. The highest BCUT2D eigenvalue weighted by Gasteiger charge is 2.21. The standard InChI is InChI=1S/C10H14N2/c1-12-7-3-5-10(12)9-4-2-6-11-8-9/h2,4,6,8,10H,3,5,7H2,1H3/t10-/m0/s1/i1D3,2D,4D,5D2,6D,7D2,8D. The molecule has 2 heterocycles. The molecule has 0 radical (unpaired) electrons. The van der Waals surface area contributed by atoms with E-state index in [1.54, 1.807) is 0 Å². The summed E-state index contributed by atoms with van der Waals surface area (Å²) in [5, 5.41) is 0. The van der Waals surface area contributed by atoms with Crippen molar-refractivity contribution in [2.24, 2.45) is 0 Å². The van der Waals surface area contributed by atoms with E-state index >= 15 is 0 Å². The summed E-state index contributed by atoms with van der Waals surface area (Å²) in [5.41, 5.74) is -0.492. The Bertz CT molecular complexity index is 639. The van der Waals surface area contributed by atoms with Gasteiger partial charge >= 0.3 is 0 Å². The fourth-order valence-corrected chi connectivity index (χ4v) is 1.01. The van der Waals surface area contributed by atoms with E-state index in [1.807, 2.05) is 0 Å². The predicted molar refractivity (Wildman–Crippen MR) is 48.8 cm³/mol. The maximum Gasteiger partial charge on any atom is 0.0843 e. The van der Waals surface area contributed by atoms with Crippen molar-refractivity contribution >= 4 is 0 Å². The summed E-state index contributed by atoms with van der Waals surface area (Å²) in [4.78, 5) is 3.75. The second-order valence-electron chi connectivity index (χ2n) is 2.31. The Labute approximate surface area is 88.7 Å². The van der Waals surface area contributed by atoms with Gasteiger partial charge in [0.05, 0.1) is 5.48 Å². The van der Waals surface area contributed by atoms with Crippen LogP contribution in [0.1, 0.15) is 39.5 Å². The van der Waals surface area contributed by atoms with Gasteiger partial charge in [0.2, 0.25) is 0 Å². The molecule has 0 unspecified atom stereocenters. The fourth-order valence-electron chi connectivity index (χ4n) is 1.01. The topological polar surface area (TPSA) is 16.1 Å². The van der Waals surface area contributed by atoms with E-state index in [9.17, 15) is 0 Å². The molecule has 1 aromatic rings. The molecule has 2 nitrogen and oxygen atoms in total. The van der Waals surface area contributed by atoms with Crippen molar-refractivity contribution in [1.82, 2.24) is 9.88 Å². The molecule has 0 bridgehead atoms. The SMILES string of the molecule is [2H]c1nc([2H])c([C@H]2N(C([2H])([2H])[2H])C([2H])([2H])CC2([2H])[2H])c([2H])c1[2H]. The molecule has 0 saturated carbocycles. The highest BCUT2D eigenvalue weighted by atomic mass is 15.1. The minimum Gasteiger partial charge on any atom is -0.299 e. The van der Waals surface area contributed by atoms with Crippen LogP contribution in [0.4, 0.5) is 0 Å². The van der Waals surface area contributed by atoms with Crippen LogP contribution in [-0.2, 0) is 0 Å². The number of aromatic nitrogens is 1. The van der Waals surface area contributed by atoms with Gasteiger partial charge in [-0.1, -0.05) is 6.04 Å². The number of hydrogen-bond acceptors (Lipinski definition) is 2. The molecule has 1 saturated heterocycles. The summed E-state index contributed by atoms with van der Waals surface area (Å²) in [6, 6.07) is -3.12. The molecule has 2 rings (SSSR count). The van der Waals surface area contributed by atoms with Gasteiger partial charge in [-0.3, -0.25) is 9.88 Å². The van der Waals surface area contributed by atoms with Crippen molar-refractivity contribution in [1.29, 1.82) is 0 Å². The molecule has 1 aromatic heterocycles. The Morgan fingerprint density at radius 3 is 3.83 bits per heavy atom. The highest BCUT2D eigenvalue weighted by molar-refractivity contribution is 5.14. The van der Waals surface area contributed by atoms with Crippen LogP contribution in [0, 0.1) is 0 Å². The summed E-state index contributed by atoms with van der Waals surface area (Å²) in [6.45, 7) is -5.54. The Morgan fingerprint density at radius 1 is 1.92 bits per heavy atom. The lowest BCUT2D eigenvalue weighted by Crippen LogP contribution is -2.17. The first kappa shape index (κ1) is 2.13. The lowest BCUT2D eigenvalue weighted by molar-refractivity contribution is 0.317. The molecule has 0 N–H and O–H groups in total. The largest absolute Gasteiger partial charge is 0.299 e. The molecule has 64 valence electrons. The Morgan fingerprint density at radius 2 is 2.92 bits per heavy atom. The third-order valence-electron chi connectivity index (χ3n) is 1.56. The lowest BCUT2D eigenvalue weighted by atomic mass is 10.1. The fraction of sp³-hybridized carbons (Fsp3) is 0.500. The van der Waals surface area contributed by atoms with E-state index in [0.717, 1.165) is 0 Å². The molecule has 0 aromatic carbocycles. The average Bonchev–Trinajstić information content (AvgIpc) is 2.51. The maximum atomic E-state index is 8.00. The Balaban J connectivity index is 2.76.